The minimum absolute atomic E-state index is 0.0796. The lowest BCUT2D eigenvalue weighted by Gasteiger charge is -2.08. The van der Waals surface area contributed by atoms with Crippen molar-refractivity contribution in [1.82, 2.24) is 15.3 Å². The van der Waals surface area contributed by atoms with Crippen LogP contribution in [-0.4, -0.2) is 29.0 Å². The highest BCUT2D eigenvalue weighted by Gasteiger charge is 2.30. The predicted octanol–water partition coefficient (Wildman–Crippen LogP) is 3.39. The van der Waals surface area contributed by atoms with E-state index >= 15 is 0 Å². The van der Waals surface area contributed by atoms with Gasteiger partial charge in [0, 0.05) is 5.56 Å². The van der Waals surface area contributed by atoms with Gasteiger partial charge in [0.05, 0.1) is 29.5 Å². The molecule has 0 aliphatic carbocycles. The van der Waals surface area contributed by atoms with Gasteiger partial charge in [-0.05, 0) is 36.4 Å². The van der Waals surface area contributed by atoms with E-state index in [2.05, 4.69) is 27.1 Å². The van der Waals surface area contributed by atoms with E-state index in [1.54, 1.807) is 24.5 Å². The molecule has 0 atom stereocenters. The molecule has 0 aliphatic heterocycles. The van der Waals surface area contributed by atoms with Gasteiger partial charge >= 0.3 is 6.18 Å². The number of carbonyl (C=O) groups excluding carboxylic acids is 1. The molecule has 0 radical (unpaired) electrons. The number of hydrogen-bond acceptors (Lipinski definition) is 3. The van der Waals surface area contributed by atoms with Crippen molar-refractivity contribution >= 4 is 16.9 Å². The highest BCUT2D eigenvalue weighted by atomic mass is 19.4. The largest absolute Gasteiger partial charge is 0.481 e. The number of aromatic amines is 1. The lowest BCUT2D eigenvalue weighted by atomic mass is 10.2. The average molecular weight is 373 g/mol. The molecule has 0 saturated heterocycles. The van der Waals surface area contributed by atoms with Gasteiger partial charge in [0.25, 0.3) is 5.91 Å². The second kappa shape index (κ2) is 7.83. The summed E-state index contributed by atoms with van der Waals surface area (Å²) < 4.78 is 43.0. The normalized spacial score (nSPS) is 10.9. The van der Waals surface area contributed by atoms with Crippen LogP contribution in [0.25, 0.3) is 11.0 Å². The molecule has 1 amide bonds. The first kappa shape index (κ1) is 18.3. The molecule has 2 N–H and O–H groups in total. The van der Waals surface area contributed by atoms with Gasteiger partial charge in [-0.25, -0.2) is 4.98 Å². The van der Waals surface area contributed by atoms with E-state index in [1.807, 2.05) is 0 Å². The number of carbonyl (C=O) groups is 1. The SMILES string of the molecule is O=C(NCC#CCOc1cccc(C(F)(F)F)c1)c1ccc2nc[nH]c2c1. The van der Waals surface area contributed by atoms with E-state index < -0.39 is 11.7 Å². The molecular formula is C19H14F3N3O2. The quantitative estimate of drug-likeness (QED) is 0.689. The number of fused-ring (bicyclic) bond motifs is 1. The Kier molecular flexibility index (Phi) is 5.31. The molecule has 8 heteroatoms. The first-order valence-corrected chi connectivity index (χ1v) is 7.90. The number of amides is 1. The highest BCUT2D eigenvalue weighted by molar-refractivity contribution is 5.97. The zero-order valence-corrected chi connectivity index (χ0v) is 13.9. The highest BCUT2D eigenvalue weighted by Crippen LogP contribution is 2.31. The van der Waals surface area contributed by atoms with Crippen LogP contribution in [0.5, 0.6) is 5.75 Å². The Bertz CT molecular complexity index is 1020. The van der Waals surface area contributed by atoms with E-state index in [-0.39, 0.29) is 24.8 Å². The van der Waals surface area contributed by atoms with E-state index in [0.717, 1.165) is 23.2 Å². The standard InChI is InChI=1S/C19H14F3N3O2/c20-19(21,22)14-4-3-5-15(11-14)27-9-2-1-8-23-18(26)13-6-7-16-17(10-13)25-12-24-16/h3-7,10-12H,8-9H2,(H,23,26)(H,24,25). The van der Waals surface area contributed by atoms with Crippen molar-refractivity contribution in [2.75, 3.05) is 13.2 Å². The third-order valence-electron chi connectivity index (χ3n) is 3.62. The molecule has 0 fully saturated rings. The summed E-state index contributed by atoms with van der Waals surface area (Å²) in [5, 5.41) is 2.63. The van der Waals surface area contributed by atoms with Gasteiger partial charge < -0.3 is 15.0 Å². The Balaban J connectivity index is 1.47. The molecule has 0 saturated carbocycles. The molecular weight excluding hydrogens is 359 g/mol. The molecule has 3 rings (SSSR count). The van der Waals surface area contributed by atoms with Crippen molar-refractivity contribution in [2.45, 2.75) is 6.18 Å². The zero-order valence-electron chi connectivity index (χ0n) is 13.9. The number of aromatic nitrogens is 2. The molecule has 0 spiro atoms. The van der Waals surface area contributed by atoms with Gasteiger partial charge in [0.2, 0.25) is 0 Å². The Morgan fingerprint density at radius 1 is 1.19 bits per heavy atom. The van der Waals surface area contributed by atoms with E-state index in [1.165, 1.54) is 12.1 Å². The summed E-state index contributed by atoms with van der Waals surface area (Å²) in [6, 6.07) is 9.64. The Hall–Kier alpha value is -3.47. The molecule has 1 aromatic heterocycles. The van der Waals surface area contributed by atoms with E-state index in [0.29, 0.717) is 5.56 Å². The van der Waals surface area contributed by atoms with Crippen LogP contribution in [0.2, 0.25) is 0 Å². The molecule has 0 aliphatic rings. The molecule has 0 unspecified atom stereocenters. The van der Waals surface area contributed by atoms with Crippen molar-refractivity contribution in [1.29, 1.82) is 0 Å². The minimum atomic E-state index is -4.42. The summed E-state index contributed by atoms with van der Waals surface area (Å²) in [5.74, 6) is 5.11. The van der Waals surface area contributed by atoms with Gasteiger partial charge in [-0.15, -0.1) is 0 Å². The summed E-state index contributed by atoms with van der Waals surface area (Å²) in [4.78, 5) is 19.0. The number of rotatable bonds is 4. The Morgan fingerprint density at radius 2 is 2.04 bits per heavy atom. The number of alkyl halides is 3. The first-order chi connectivity index (χ1) is 12.9. The van der Waals surface area contributed by atoms with Crippen molar-refractivity contribution < 1.29 is 22.7 Å². The van der Waals surface area contributed by atoms with Crippen LogP contribution < -0.4 is 10.1 Å². The maximum atomic E-state index is 12.6. The van der Waals surface area contributed by atoms with E-state index in [9.17, 15) is 18.0 Å². The van der Waals surface area contributed by atoms with Crippen LogP contribution in [0.15, 0.2) is 48.8 Å². The summed E-state index contributed by atoms with van der Waals surface area (Å²) in [6.07, 6.45) is -2.88. The molecule has 2 aromatic carbocycles. The van der Waals surface area contributed by atoms with Gasteiger partial charge in [-0.2, -0.15) is 13.2 Å². The van der Waals surface area contributed by atoms with Crippen LogP contribution >= 0.6 is 0 Å². The first-order valence-electron chi connectivity index (χ1n) is 7.90. The van der Waals surface area contributed by atoms with Gasteiger partial charge in [-0.1, -0.05) is 17.9 Å². The Labute approximate surface area is 152 Å². The summed E-state index contributed by atoms with van der Waals surface area (Å²) in [5.41, 5.74) is 1.20. The molecule has 1 heterocycles. The predicted molar refractivity (Wildman–Crippen MR) is 93.1 cm³/mol. The number of nitrogens with zero attached hydrogens (tertiary/aromatic N) is 1. The number of nitrogens with one attached hydrogen (secondary N) is 2. The number of ether oxygens (including phenoxy) is 1. The topological polar surface area (TPSA) is 67.0 Å². The van der Waals surface area contributed by atoms with Crippen molar-refractivity contribution in [3.63, 3.8) is 0 Å². The van der Waals surface area contributed by atoms with Crippen LogP contribution in [0.4, 0.5) is 13.2 Å². The number of H-pyrrole nitrogens is 1. The van der Waals surface area contributed by atoms with Crippen LogP contribution in [-0.2, 0) is 6.18 Å². The summed E-state index contributed by atoms with van der Waals surface area (Å²) in [6.45, 7) is 0.00306. The smallest absolute Gasteiger partial charge is 0.416 e. The number of imidazole rings is 1. The van der Waals surface area contributed by atoms with Crippen LogP contribution in [0.1, 0.15) is 15.9 Å². The molecule has 5 nitrogen and oxygen atoms in total. The average Bonchev–Trinajstić information content (AvgIpc) is 3.11. The third-order valence-corrected chi connectivity index (χ3v) is 3.62. The second-order valence-corrected chi connectivity index (χ2v) is 5.48. The fraction of sp³-hybridized carbons (Fsp3) is 0.158. The lowest BCUT2D eigenvalue weighted by Crippen LogP contribution is -2.23. The maximum absolute atomic E-state index is 12.6. The fourth-order valence-electron chi connectivity index (χ4n) is 2.30. The summed E-state index contributed by atoms with van der Waals surface area (Å²) >= 11 is 0. The van der Waals surface area contributed by atoms with Crippen molar-refractivity contribution in [2.24, 2.45) is 0 Å². The summed E-state index contributed by atoms with van der Waals surface area (Å²) in [7, 11) is 0. The molecule has 138 valence electrons. The molecule has 0 bridgehead atoms. The maximum Gasteiger partial charge on any atom is 0.416 e. The van der Waals surface area contributed by atoms with Crippen LogP contribution in [0.3, 0.4) is 0 Å². The number of hydrogen-bond donors (Lipinski definition) is 2. The fourth-order valence-corrected chi connectivity index (χ4v) is 2.30. The monoisotopic (exact) mass is 373 g/mol. The number of halogens is 3. The van der Waals surface area contributed by atoms with Crippen molar-refractivity contribution in [3.05, 3.63) is 59.9 Å². The molecule has 3 aromatic rings. The van der Waals surface area contributed by atoms with Gasteiger partial charge in [0.15, 0.2) is 0 Å². The van der Waals surface area contributed by atoms with Crippen molar-refractivity contribution in [3.8, 4) is 17.6 Å². The van der Waals surface area contributed by atoms with Crippen LogP contribution in [0, 0.1) is 11.8 Å². The Morgan fingerprint density at radius 3 is 2.85 bits per heavy atom. The third kappa shape index (κ3) is 4.79. The van der Waals surface area contributed by atoms with Gasteiger partial charge in [0.1, 0.15) is 12.4 Å². The molecule has 27 heavy (non-hydrogen) atoms. The lowest BCUT2D eigenvalue weighted by molar-refractivity contribution is -0.137. The second-order valence-electron chi connectivity index (χ2n) is 5.48. The van der Waals surface area contributed by atoms with Gasteiger partial charge in [-0.3, -0.25) is 4.79 Å². The number of benzene rings is 2. The van der Waals surface area contributed by atoms with E-state index in [4.69, 9.17) is 4.74 Å². The zero-order chi connectivity index (χ0) is 19.3. The minimum Gasteiger partial charge on any atom is -0.481 e.